The van der Waals surface area contributed by atoms with E-state index >= 15 is 0 Å². The van der Waals surface area contributed by atoms with E-state index in [2.05, 4.69) is 50.3 Å². The summed E-state index contributed by atoms with van der Waals surface area (Å²) in [6.07, 6.45) is 37.9. The van der Waals surface area contributed by atoms with Gasteiger partial charge in [-0.15, -0.1) is 0 Å². The van der Waals surface area contributed by atoms with Gasteiger partial charge in [0.2, 0.25) is 0 Å². The molecule has 1 aliphatic rings. The molecule has 0 bridgehead atoms. The van der Waals surface area contributed by atoms with Crippen molar-refractivity contribution in [3.05, 3.63) is 36.5 Å². The molecule has 0 saturated heterocycles. The van der Waals surface area contributed by atoms with Gasteiger partial charge in [0.25, 0.3) is 0 Å². The Balaban J connectivity index is 2.32. The number of carbonyl (C=O) groups excluding carboxylic acids is 1. The average Bonchev–Trinajstić information content (AvgIpc) is 3.28. The van der Waals surface area contributed by atoms with Gasteiger partial charge in [-0.25, -0.2) is 4.57 Å². The summed E-state index contributed by atoms with van der Waals surface area (Å²) in [6.45, 7) is 4.15. The van der Waals surface area contributed by atoms with Gasteiger partial charge in [-0.1, -0.05) is 204 Å². The van der Waals surface area contributed by atoms with Gasteiger partial charge >= 0.3 is 13.8 Å². The van der Waals surface area contributed by atoms with Crippen LogP contribution in [0.5, 0.6) is 0 Å². The maximum Gasteiger partial charge on any atom is 0.472 e. The Bertz CT molecular complexity index is 1200. The summed E-state index contributed by atoms with van der Waals surface area (Å²) in [6, 6.07) is 0. The first kappa shape index (κ1) is 60.6. The topological polar surface area (TPSA) is 192 Å². The summed E-state index contributed by atoms with van der Waals surface area (Å²) < 4.78 is 34.3. The van der Waals surface area contributed by atoms with Crippen molar-refractivity contribution in [1.82, 2.24) is 0 Å². The summed E-state index contributed by atoms with van der Waals surface area (Å²) in [4.78, 5) is 23.2. The second-order valence-electron chi connectivity index (χ2n) is 18.0. The maximum absolute atomic E-state index is 12.8. The third kappa shape index (κ3) is 33.1. The fourth-order valence-electron chi connectivity index (χ4n) is 7.96. The first-order chi connectivity index (χ1) is 31.0. The van der Waals surface area contributed by atoms with E-state index in [1.54, 1.807) is 0 Å². The third-order valence-corrected chi connectivity index (χ3v) is 13.0. The quantitative estimate of drug-likeness (QED) is 0.0147. The van der Waals surface area contributed by atoms with Crippen LogP contribution in [-0.4, -0.2) is 98.9 Å². The predicted octanol–water partition coefficient (Wildman–Crippen LogP) is 11.4. The van der Waals surface area contributed by atoms with Crippen LogP contribution in [0.3, 0.4) is 0 Å². The highest BCUT2D eigenvalue weighted by atomic mass is 31.2. The highest BCUT2D eigenvalue weighted by Gasteiger charge is 2.51. The molecule has 0 heterocycles. The summed E-state index contributed by atoms with van der Waals surface area (Å²) in [5, 5.41) is 50.3. The molecule has 0 aromatic carbocycles. The lowest BCUT2D eigenvalue weighted by atomic mass is 9.85. The number of carbonyl (C=O) groups is 1. The standard InChI is InChI=1S/C51H95O12P/c1-3-5-7-9-11-13-15-17-19-21-22-23-24-25-26-28-30-32-34-36-38-40-45(52)62-44(43-61-64(58,59)63-51-49(56)47(54)46(53)48(55)50(51)57)42-60-41-39-37-35-33-31-29-27-20-18-16-14-12-10-8-6-4-2/h6,8,12,14,18,20,44,46-51,53-57H,3-5,7,9-11,13,15-17,19,21-43H2,1-2H3,(H,58,59)/b8-6-,14-12-,20-18-. The molecule has 0 radical (unpaired) electrons. The molecule has 6 unspecified atom stereocenters. The van der Waals surface area contributed by atoms with Crippen molar-refractivity contribution in [1.29, 1.82) is 0 Å². The summed E-state index contributed by atoms with van der Waals surface area (Å²) >= 11 is 0. The molecule has 13 heteroatoms. The van der Waals surface area contributed by atoms with Crippen LogP contribution in [0, 0.1) is 0 Å². The van der Waals surface area contributed by atoms with Crippen molar-refractivity contribution >= 4 is 13.8 Å². The minimum Gasteiger partial charge on any atom is -0.457 e. The number of esters is 1. The molecule has 0 aromatic rings. The van der Waals surface area contributed by atoms with Crippen LogP contribution in [0.15, 0.2) is 36.5 Å². The fourth-order valence-corrected chi connectivity index (χ4v) is 8.93. The van der Waals surface area contributed by atoms with Crippen molar-refractivity contribution in [2.24, 2.45) is 0 Å². The molecular formula is C51H95O12P. The molecule has 64 heavy (non-hydrogen) atoms. The van der Waals surface area contributed by atoms with E-state index in [9.17, 15) is 39.8 Å². The molecule has 0 amide bonds. The van der Waals surface area contributed by atoms with E-state index in [0.717, 1.165) is 83.5 Å². The molecule has 1 rings (SSSR count). The number of aliphatic hydroxyl groups excluding tert-OH is 5. The van der Waals surface area contributed by atoms with Crippen LogP contribution in [-0.2, 0) is 27.9 Å². The van der Waals surface area contributed by atoms with Crippen LogP contribution in [0.4, 0.5) is 0 Å². The Morgan fingerprint density at radius 3 is 1.41 bits per heavy atom. The van der Waals surface area contributed by atoms with Crippen LogP contribution in [0.25, 0.3) is 0 Å². The van der Waals surface area contributed by atoms with Crippen LogP contribution in [0.2, 0.25) is 0 Å². The smallest absolute Gasteiger partial charge is 0.457 e. The Morgan fingerprint density at radius 2 is 0.922 bits per heavy atom. The molecule has 1 aliphatic carbocycles. The molecule has 376 valence electrons. The van der Waals surface area contributed by atoms with Gasteiger partial charge in [-0.2, -0.15) is 0 Å². The molecular weight excluding hydrogens is 836 g/mol. The van der Waals surface area contributed by atoms with Crippen LogP contribution < -0.4 is 0 Å². The third-order valence-electron chi connectivity index (χ3n) is 12.0. The average molecular weight is 931 g/mol. The van der Waals surface area contributed by atoms with E-state index in [1.807, 2.05) is 0 Å². The van der Waals surface area contributed by atoms with Gasteiger partial charge in [-0.05, 0) is 44.9 Å². The van der Waals surface area contributed by atoms with E-state index in [1.165, 1.54) is 109 Å². The van der Waals surface area contributed by atoms with Crippen LogP contribution >= 0.6 is 7.82 Å². The highest BCUT2D eigenvalue weighted by molar-refractivity contribution is 7.47. The van der Waals surface area contributed by atoms with Crippen molar-refractivity contribution in [3.8, 4) is 0 Å². The number of rotatable bonds is 44. The van der Waals surface area contributed by atoms with Crippen molar-refractivity contribution in [2.45, 2.75) is 262 Å². The summed E-state index contributed by atoms with van der Waals surface area (Å²) in [7, 11) is -5.02. The number of unbranched alkanes of at least 4 members (excludes halogenated alkanes) is 26. The number of hydrogen-bond donors (Lipinski definition) is 6. The van der Waals surface area contributed by atoms with Gasteiger partial charge in [0.05, 0.1) is 13.2 Å². The molecule has 6 atom stereocenters. The second kappa shape index (κ2) is 41.7. The van der Waals surface area contributed by atoms with Crippen molar-refractivity contribution in [2.75, 3.05) is 19.8 Å². The molecule has 1 fully saturated rings. The zero-order valence-corrected chi connectivity index (χ0v) is 41.2. The molecule has 0 aromatic heterocycles. The molecule has 12 nitrogen and oxygen atoms in total. The zero-order chi connectivity index (χ0) is 46.9. The van der Waals surface area contributed by atoms with E-state index < -0.39 is 63.1 Å². The molecule has 6 N–H and O–H groups in total. The van der Waals surface area contributed by atoms with Gasteiger partial charge < -0.3 is 39.9 Å². The number of phosphoric acid groups is 1. The lowest BCUT2D eigenvalue weighted by Gasteiger charge is -2.41. The van der Waals surface area contributed by atoms with Gasteiger partial charge in [-0.3, -0.25) is 13.8 Å². The van der Waals surface area contributed by atoms with Crippen molar-refractivity contribution in [3.63, 3.8) is 0 Å². The van der Waals surface area contributed by atoms with E-state index in [0.29, 0.717) is 13.0 Å². The summed E-state index contributed by atoms with van der Waals surface area (Å²) in [5.74, 6) is -0.479. The fraction of sp³-hybridized carbons (Fsp3) is 0.863. The molecule has 0 spiro atoms. The normalized spacial score (nSPS) is 21.9. The highest BCUT2D eigenvalue weighted by Crippen LogP contribution is 2.47. The maximum atomic E-state index is 12.8. The summed E-state index contributed by atoms with van der Waals surface area (Å²) in [5.41, 5.74) is 0. The first-order valence-corrected chi connectivity index (χ1v) is 27.3. The number of hydrogen-bond acceptors (Lipinski definition) is 11. The minimum absolute atomic E-state index is 0.0830. The number of phosphoric ester groups is 1. The first-order valence-electron chi connectivity index (χ1n) is 25.8. The monoisotopic (exact) mass is 931 g/mol. The van der Waals surface area contributed by atoms with E-state index in [-0.39, 0.29) is 13.0 Å². The van der Waals surface area contributed by atoms with Gasteiger partial charge in [0.15, 0.2) is 0 Å². The molecule has 0 aliphatic heterocycles. The predicted molar refractivity (Wildman–Crippen MR) is 258 cm³/mol. The lowest BCUT2D eigenvalue weighted by molar-refractivity contribution is -0.220. The number of aliphatic hydroxyl groups is 5. The second-order valence-corrected chi connectivity index (χ2v) is 19.4. The Labute approximate surface area is 389 Å². The Hall–Kier alpha value is -1.44. The number of ether oxygens (including phenoxy) is 2. The zero-order valence-electron chi connectivity index (χ0n) is 40.3. The van der Waals surface area contributed by atoms with Crippen molar-refractivity contribution < 1.29 is 58.3 Å². The molecule has 1 saturated carbocycles. The van der Waals surface area contributed by atoms with E-state index in [4.69, 9.17) is 18.5 Å². The lowest BCUT2D eigenvalue weighted by Crippen LogP contribution is -2.64. The Kier molecular flexibility index (Phi) is 39.5. The minimum atomic E-state index is -5.02. The van der Waals surface area contributed by atoms with Crippen LogP contribution in [0.1, 0.15) is 219 Å². The van der Waals surface area contributed by atoms with Gasteiger partial charge in [0.1, 0.15) is 42.7 Å². The largest absolute Gasteiger partial charge is 0.472 e. The Morgan fingerprint density at radius 1 is 0.516 bits per heavy atom. The number of allylic oxidation sites excluding steroid dienone is 6. The SMILES string of the molecule is CC/C=C\C/C=C\C/C=C\CCCCCCCCOCC(COP(=O)(O)OC1C(O)C(O)C(O)C(O)C1O)OC(=O)CCCCCCCCCCCCCCCCCCCCCCC. The van der Waals surface area contributed by atoms with Gasteiger partial charge in [0, 0.05) is 13.0 Å².